The van der Waals surface area contributed by atoms with Gasteiger partial charge in [0.2, 0.25) is 5.91 Å². The summed E-state index contributed by atoms with van der Waals surface area (Å²) < 4.78 is 0. The Balaban J connectivity index is 2.49. The first kappa shape index (κ1) is 12.5. The third kappa shape index (κ3) is 3.87. The van der Waals surface area contributed by atoms with Crippen LogP contribution in [-0.2, 0) is 4.79 Å². The van der Waals surface area contributed by atoms with Crippen LogP contribution in [0, 0.1) is 17.2 Å². The second kappa shape index (κ2) is 6.09. The van der Waals surface area contributed by atoms with E-state index in [0.29, 0.717) is 6.54 Å². The van der Waals surface area contributed by atoms with Crippen LogP contribution < -0.4 is 0 Å². The van der Waals surface area contributed by atoms with Gasteiger partial charge in [0.05, 0.1) is 12.0 Å². The zero-order valence-corrected chi connectivity index (χ0v) is 10.2. The second-order valence-electron chi connectivity index (χ2n) is 3.64. The van der Waals surface area contributed by atoms with Crippen molar-refractivity contribution in [1.29, 1.82) is 5.26 Å². The van der Waals surface area contributed by atoms with Crippen molar-refractivity contribution >= 4 is 23.3 Å². The number of hydrogen-bond donors (Lipinski definition) is 0. The molecular weight excluding hydrogens is 220 g/mol. The van der Waals surface area contributed by atoms with E-state index in [2.05, 4.69) is 6.07 Å². The van der Waals surface area contributed by atoms with Gasteiger partial charge in [-0.3, -0.25) is 4.79 Å². The fourth-order valence-electron chi connectivity index (χ4n) is 1.21. The van der Waals surface area contributed by atoms with Crippen molar-refractivity contribution in [3.05, 3.63) is 28.5 Å². The molecule has 0 saturated heterocycles. The molecule has 1 atom stereocenters. The van der Waals surface area contributed by atoms with Gasteiger partial charge >= 0.3 is 0 Å². The summed E-state index contributed by atoms with van der Waals surface area (Å²) in [5.41, 5.74) is 1.03. The predicted octanol–water partition coefficient (Wildman–Crippen LogP) is 2.38. The van der Waals surface area contributed by atoms with Crippen LogP contribution in [-0.4, -0.2) is 24.4 Å². The Hall–Kier alpha value is -1.60. The molecule has 0 radical (unpaired) electrons. The Bertz CT molecular complexity index is 403. The molecule has 84 valence electrons. The molecule has 0 fully saturated rings. The Morgan fingerprint density at radius 1 is 1.75 bits per heavy atom. The highest BCUT2D eigenvalue weighted by molar-refractivity contribution is 7.08. The van der Waals surface area contributed by atoms with Crippen molar-refractivity contribution in [2.45, 2.75) is 6.92 Å². The number of amides is 1. The predicted molar refractivity (Wildman–Crippen MR) is 65.8 cm³/mol. The summed E-state index contributed by atoms with van der Waals surface area (Å²) in [6, 6.07) is 4.05. The van der Waals surface area contributed by atoms with E-state index in [1.54, 1.807) is 36.3 Å². The summed E-state index contributed by atoms with van der Waals surface area (Å²) in [6.07, 6.45) is 3.32. The van der Waals surface area contributed by atoms with Gasteiger partial charge in [-0.2, -0.15) is 16.6 Å². The van der Waals surface area contributed by atoms with Gasteiger partial charge in [-0.05, 0) is 35.4 Å². The fourth-order valence-corrected chi connectivity index (χ4v) is 1.83. The SMILES string of the molecule is CC(C#N)CN(C)C(=O)/C=C/c1ccsc1. The summed E-state index contributed by atoms with van der Waals surface area (Å²) in [6.45, 7) is 2.26. The van der Waals surface area contributed by atoms with Crippen LogP contribution in [0.5, 0.6) is 0 Å². The van der Waals surface area contributed by atoms with E-state index in [9.17, 15) is 4.79 Å². The fraction of sp³-hybridized carbons (Fsp3) is 0.333. The first-order valence-corrected chi connectivity index (χ1v) is 5.92. The third-order valence-electron chi connectivity index (χ3n) is 2.11. The molecule has 4 heteroatoms. The standard InChI is InChI=1S/C12H14N2OS/c1-10(7-13)8-14(2)12(15)4-3-11-5-6-16-9-11/h3-6,9-10H,8H2,1-2H3/b4-3+. The summed E-state index contributed by atoms with van der Waals surface area (Å²) in [5, 5.41) is 12.6. The molecule has 1 unspecified atom stereocenters. The highest BCUT2D eigenvalue weighted by Crippen LogP contribution is 2.08. The van der Waals surface area contributed by atoms with E-state index in [0.717, 1.165) is 5.56 Å². The van der Waals surface area contributed by atoms with Gasteiger partial charge in [0.1, 0.15) is 0 Å². The number of nitriles is 1. The molecular formula is C12H14N2OS. The van der Waals surface area contributed by atoms with Crippen LogP contribution >= 0.6 is 11.3 Å². The Morgan fingerprint density at radius 2 is 2.50 bits per heavy atom. The van der Waals surface area contributed by atoms with Gasteiger partial charge in [0.25, 0.3) is 0 Å². The molecule has 1 heterocycles. The molecule has 1 aromatic rings. The molecule has 1 aromatic heterocycles. The van der Waals surface area contributed by atoms with Crippen molar-refractivity contribution in [2.24, 2.45) is 5.92 Å². The normalized spacial score (nSPS) is 12.3. The lowest BCUT2D eigenvalue weighted by atomic mass is 10.2. The smallest absolute Gasteiger partial charge is 0.246 e. The molecule has 16 heavy (non-hydrogen) atoms. The molecule has 0 aliphatic heterocycles. The monoisotopic (exact) mass is 234 g/mol. The molecule has 0 aliphatic carbocycles. The van der Waals surface area contributed by atoms with Gasteiger partial charge in [-0.15, -0.1) is 0 Å². The summed E-state index contributed by atoms with van der Waals surface area (Å²) >= 11 is 1.59. The second-order valence-corrected chi connectivity index (χ2v) is 4.42. The van der Waals surface area contributed by atoms with E-state index >= 15 is 0 Å². The zero-order chi connectivity index (χ0) is 12.0. The minimum Gasteiger partial charge on any atom is -0.341 e. The molecule has 1 amide bonds. The lowest BCUT2D eigenvalue weighted by molar-refractivity contribution is -0.125. The number of hydrogen-bond acceptors (Lipinski definition) is 3. The van der Waals surface area contributed by atoms with E-state index < -0.39 is 0 Å². The molecule has 0 bridgehead atoms. The van der Waals surface area contributed by atoms with Crippen LogP contribution in [0.1, 0.15) is 12.5 Å². The number of likely N-dealkylation sites (N-methyl/N-ethyl adjacent to an activating group) is 1. The highest BCUT2D eigenvalue weighted by Gasteiger charge is 2.08. The Kier molecular flexibility index (Phi) is 4.74. The first-order valence-electron chi connectivity index (χ1n) is 4.98. The van der Waals surface area contributed by atoms with E-state index in [-0.39, 0.29) is 11.8 Å². The topological polar surface area (TPSA) is 44.1 Å². The van der Waals surface area contributed by atoms with Gasteiger partial charge in [0, 0.05) is 19.7 Å². The third-order valence-corrected chi connectivity index (χ3v) is 2.81. The lowest BCUT2D eigenvalue weighted by Crippen LogP contribution is -2.29. The van der Waals surface area contributed by atoms with Crippen molar-refractivity contribution in [2.75, 3.05) is 13.6 Å². The van der Waals surface area contributed by atoms with Crippen molar-refractivity contribution < 1.29 is 4.79 Å². The average molecular weight is 234 g/mol. The van der Waals surface area contributed by atoms with Gasteiger partial charge in [-0.25, -0.2) is 0 Å². The summed E-state index contributed by atoms with van der Waals surface area (Å²) in [4.78, 5) is 13.2. The first-order chi connectivity index (χ1) is 7.63. The lowest BCUT2D eigenvalue weighted by Gasteiger charge is -2.15. The van der Waals surface area contributed by atoms with Crippen LogP contribution in [0.15, 0.2) is 22.9 Å². The van der Waals surface area contributed by atoms with Crippen LogP contribution in [0.25, 0.3) is 6.08 Å². The zero-order valence-electron chi connectivity index (χ0n) is 9.38. The maximum atomic E-state index is 11.6. The van der Waals surface area contributed by atoms with Crippen LogP contribution in [0.4, 0.5) is 0 Å². The Morgan fingerprint density at radius 3 is 3.06 bits per heavy atom. The van der Waals surface area contributed by atoms with Crippen LogP contribution in [0.3, 0.4) is 0 Å². The van der Waals surface area contributed by atoms with Gasteiger partial charge in [-0.1, -0.05) is 0 Å². The summed E-state index contributed by atoms with van der Waals surface area (Å²) in [5.74, 6) is -0.211. The van der Waals surface area contributed by atoms with E-state index in [4.69, 9.17) is 5.26 Å². The molecule has 0 saturated carbocycles. The molecule has 0 spiro atoms. The number of rotatable bonds is 4. The largest absolute Gasteiger partial charge is 0.341 e. The number of nitrogens with zero attached hydrogens (tertiary/aromatic N) is 2. The molecule has 3 nitrogen and oxygen atoms in total. The van der Waals surface area contributed by atoms with Crippen LogP contribution in [0.2, 0.25) is 0 Å². The van der Waals surface area contributed by atoms with Crippen molar-refractivity contribution in [1.82, 2.24) is 4.90 Å². The minimum absolute atomic E-state index is 0.0756. The minimum atomic E-state index is -0.136. The van der Waals surface area contributed by atoms with Gasteiger partial charge in [0.15, 0.2) is 0 Å². The number of carbonyl (C=O) groups excluding carboxylic acids is 1. The van der Waals surface area contributed by atoms with Crippen molar-refractivity contribution in [3.8, 4) is 6.07 Å². The number of thiophene rings is 1. The van der Waals surface area contributed by atoms with E-state index in [1.807, 2.05) is 16.8 Å². The number of carbonyl (C=O) groups is 1. The van der Waals surface area contributed by atoms with E-state index in [1.165, 1.54) is 6.08 Å². The van der Waals surface area contributed by atoms with Gasteiger partial charge < -0.3 is 4.90 Å². The molecule has 0 N–H and O–H groups in total. The Labute approximate surface area is 99.6 Å². The quantitative estimate of drug-likeness (QED) is 0.751. The molecule has 1 rings (SSSR count). The highest BCUT2D eigenvalue weighted by atomic mass is 32.1. The average Bonchev–Trinajstić information content (AvgIpc) is 2.78. The van der Waals surface area contributed by atoms with Crippen molar-refractivity contribution in [3.63, 3.8) is 0 Å². The maximum Gasteiger partial charge on any atom is 0.246 e. The maximum absolute atomic E-state index is 11.6. The molecule has 0 aromatic carbocycles. The molecule has 0 aliphatic rings. The summed E-state index contributed by atoms with van der Waals surface area (Å²) in [7, 11) is 1.70.